The van der Waals surface area contributed by atoms with Crippen LogP contribution in [0.3, 0.4) is 0 Å². The summed E-state index contributed by atoms with van der Waals surface area (Å²) in [6.07, 6.45) is 3.60. The van der Waals surface area contributed by atoms with E-state index in [2.05, 4.69) is 19.6 Å². The van der Waals surface area contributed by atoms with Gasteiger partial charge in [0.05, 0.1) is 6.10 Å². The van der Waals surface area contributed by atoms with Gasteiger partial charge in [-0.3, -0.25) is 14.4 Å². The highest BCUT2D eigenvalue weighted by molar-refractivity contribution is 5.67. The lowest BCUT2D eigenvalue weighted by Gasteiger charge is -2.50. The number of fused-ring (bicyclic) bond motifs is 5. The van der Waals surface area contributed by atoms with E-state index in [4.69, 9.17) is 18.9 Å². The van der Waals surface area contributed by atoms with E-state index in [1.165, 1.54) is 26.3 Å². The molecule has 0 aromatic carbocycles. The third-order valence-corrected chi connectivity index (χ3v) is 7.40. The van der Waals surface area contributed by atoms with Gasteiger partial charge < -0.3 is 18.9 Å². The van der Waals surface area contributed by atoms with Gasteiger partial charge in [-0.1, -0.05) is 23.8 Å². The highest BCUT2D eigenvalue weighted by Crippen LogP contribution is 2.57. The zero-order valence-electron chi connectivity index (χ0n) is 20.9. The lowest BCUT2D eigenvalue weighted by Crippen LogP contribution is -2.58. The van der Waals surface area contributed by atoms with Crippen molar-refractivity contribution in [2.75, 3.05) is 0 Å². The van der Waals surface area contributed by atoms with Gasteiger partial charge in [0.25, 0.3) is 0 Å². The van der Waals surface area contributed by atoms with Crippen LogP contribution in [0.5, 0.6) is 0 Å². The van der Waals surface area contributed by atoms with Gasteiger partial charge in [-0.15, -0.1) is 0 Å². The van der Waals surface area contributed by atoms with Gasteiger partial charge in [-0.05, 0) is 47.0 Å². The smallest absolute Gasteiger partial charge is 0.303 e. The topological polar surface area (TPSA) is 88.1 Å². The third-order valence-electron chi connectivity index (χ3n) is 7.40. The van der Waals surface area contributed by atoms with Gasteiger partial charge in [-0.25, -0.2) is 0 Å². The Labute approximate surface area is 196 Å². The van der Waals surface area contributed by atoms with Crippen molar-refractivity contribution in [2.24, 2.45) is 17.8 Å². The van der Waals surface area contributed by atoms with Crippen molar-refractivity contribution in [3.05, 3.63) is 23.8 Å². The molecule has 184 valence electrons. The second-order valence-corrected chi connectivity index (χ2v) is 10.6. The molecule has 0 aromatic heterocycles. The minimum atomic E-state index is -0.946. The van der Waals surface area contributed by atoms with Gasteiger partial charge in [0, 0.05) is 44.9 Å². The average Bonchev–Trinajstić information content (AvgIpc) is 3.00. The van der Waals surface area contributed by atoms with E-state index in [0.717, 1.165) is 18.4 Å². The molecule has 2 aliphatic heterocycles. The zero-order valence-corrected chi connectivity index (χ0v) is 20.9. The number of rotatable bonds is 4. The van der Waals surface area contributed by atoms with Crippen molar-refractivity contribution in [3.8, 4) is 0 Å². The summed E-state index contributed by atoms with van der Waals surface area (Å²) >= 11 is 0. The quantitative estimate of drug-likeness (QED) is 0.350. The first kappa shape index (κ1) is 25.5. The van der Waals surface area contributed by atoms with Crippen LogP contribution in [0.2, 0.25) is 0 Å². The van der Waals surface area contributed by atoms with E-state index in [-0.39, 0.29) is 29.8 Å². The van der Waals surface area contributed by atoms with Crippen LogP contribution in [0.1, 0.15) is 74.1 Å². The van der Waals surface area contributed by atoms with Crippen LogP contribution in [-0.4, -0.2) is 47.4 Å². The summed E-state index contributed by atoms with van der Waals surface area (Å²) in [4.78, 5) is 36.2. The molecule has 2 heterocycles. The lowest BCUT2D eigenvalue weighted by molar-refractivity contribution is -0.195. The molecule has 1 saturated carbocycles. The Morgan fingerprint density at radius 1 is 1.12 bits per heavy atom. The predicted octanol–water partition coefficient (Wildman–Crippen LogP) is 4.29. The van der Waals surface area contributed by atoms with E-state index >= 15 is 0 Å². The summed E-state index contributed by atoms with van der Waals surface area (Å²) in [6.45, 7) is 16.2. The fourth-order valence-corrected chi connectivity index (χ4v) is 6.51. The molecule has 0 N–H and O–H groups in total. The fourth-order valence-electron chi connectivity index (χ4n) is 6.51. The molecule has 1 aliphatic carbocycles. The summed E-state index contributed by atoms with van der Waals surface area (Å²) in [5.41, 5.74) is 0.329. The van der Waals surface area contributed by atoms with Gasteiger partial charge in [0.15, 0.2) is 0 Å². The molecule has 2 bridgehead atoms. The predicted molar refractivity (Wildman–Crippen MR) is 122 cm³/mol. The molecule has 7 atom stereocenters. The molecule has 0 unspecified atom stereocenters. The maximum atomic E-state index is 12.1. The van der Waals surface area contributed by atoms with Gasteiger partial charge in [0.2, 0.25) is 0 Å². The summed E-state index contributed by atoms with van der Waals surface area (Å²) in [7, 11) is 0. The van der Waals surface area contributed by atoms with E-state index in [1.807, 2.05) is 20.8 Å². The summed E-state index contributed by atoms with van der Waals surface area (Å²) < 4.78 is 24.2. The number of esters is 3. The SMILES string of the molecule is C=C1C[C@@H](OC(C)=O)[C@H](C(C)(C)OC(C)=O)[C@@H]2[C@H]1[C@H]1C/C(C)=C\CC[C@@](C)(OC(C)=O)[C@@H]2O1. The Morgan fingerprint density at radius 2 is 1.79 bits per heavy atom. The van der Waals surface area contributed by atoms with Gasteiger partial charge >= 0.3 is 17.9 Å². The van der Waals surface area contributed by atoms with Gasteiger partial charge in [-0.2, -0.15) is 0 Å². The van der Waals surface area contributed by atoms with Crippen molar-refractivity contribution < 1.29 is 33.3 Å². The normalized spacial score (nSPS) is 38.0. The molecule has 2 fully saturated rings. The first-order valence-corrected chi connectivity index (χ1v) is 11.8. The second-order valence-electron chi connectivity index (χ2n) is 10.6. The molecule has 3 aliphatic rings. The van der Waals surface area contributed by atoms with E-state index < -0.39 is 35.3 Å². The first-order valence-electron chi connectivity index (χ1n) is 11.8. The summed E-state index contributed by atoms with van der Waals surface area (Å²) in [5.74, 6) is -1.80. The van der Waals surface area contributed by atoms with Crippen LogP contribution in [0.25, 0.3) is 0 Å². The molecule has 0 amide bonds. The van der Waals surface area contributed by atoms with Crippen molar-refractivity contribution >= 4 is 17.9 Å². The molecular weight excluding hydrogens is 424 g/mol. The van der Waals surface area contributed by atoms with Crippen LogP contribution in [0.15, 0.2) is 23.8 Å². The Hall–Kier alpha value is -2.15. The molecule has 3 rings (SSSR count). The Bertz CT molecular complexity index is 857. The Balaban J connectivity index is 2.17. The highest BCUT2D eigenvalue weighted by atomic mass is 16.6. The molecule has 7 nitrogen and oxygen atoms in total. The Kier molecular flexibility index (Phi) is 7.13. The third kappa shape index (κ3) is 5.18. The number of allylic oxidation sites excluding steroid dienone is 1. The summed E-state index contributed by atoms with van der Waals surface area (Å²) in [5, 5.41) is 0. The van der Waals surface area contributed by atoms with Crippen LogP contribution in [0, 0.1) is 17.8 Å². The van der Waals surface area contributed by atoms with Crippen LogP contribution in [-0.2, 0) is 33.3 Å². The number of hydrogen-bond acceptors (Lipinski definition) is 7. The molecule has 0 aromatic rings. The highest BCUT2D eigenvalue weighted by Gasteiger charge is 2.63. The minimum absolute atomic E-state index is 0.0435. The molecule has 33 heavy (non-hydrogen) atoms. The van der Waals surface area contributed by atoms with Crippen LogP contribution < -0.4 is 0 Å². The minimum Gasteiger partial charge on any atom is -0.462 e. The van der Waals surface area contributed by atoms with Crippen molar-refractivity contribution in [1.29, 1.82) is 0 Å². The van der Waals surface area contributed by atoms with Crippen molar-refractivity contribution in [2.45, 2.75) is 104 Å². The molecular formula is C26H38O7. The number of ether oxygens (including phenoxy) is 4. The molecule has 7 heteroatoms. The maximum Gasteiger partial charge on any atom is 0.303 e. The van der Waals surface area contributed by atoms with E-state index in [1.54, 1.807) is 0 Å². The van der Waals surface area contributed by atoms with Crippen LogP contribution >= 0.6 is 0 Å². The first-order chi connectivity index (χ1) is 15.2. The second kappa shape index (κ2) is 9.24. The molecule has 0 radical (unpaired) electrons. The Morgan fingerprint density at radius 3 is 2.36 bits per heavy atom. The van der Waals surface area contributed by atoms with Crippen molar-refractivity contribution in [3.63, 3.8) is 0 Å². The summed E-state index contributed by atoms with van der Waals surface area (Å²) in [6, 6.07) is 0. The van der Waals surface area contributed by atoms with E-state index in [0.29, 0.717) is 12.8 Å². The largest absolute Gasteiger partial charge is 0.462 e. The molecule has 1 saturated heterocycles. The average molecular weight is 463 g/mol. The maximum absolute atomic E-state index is 12.1. The number of carbonyl (C=O) groups excluding carboxylic acids is 3. The lowest BCUT2D eigenvalue weighted by atomic mass is 9.59. The molecule has 0 spiro atoms. The van der Waals surface area contributed by atoms with Gasteiger partial charge in [0.1, 0.15) is 23.4 Å². The standard InChI is InChI=1S/C26H38O7/c1-14-10-9-11-26(8,33-18(5)29)24-22-21(19(12-14)31-24)15(2)13-20(30-16(3)27)23(22)25(6,7)32-17(4)28/h10,19-24H,2,9,11-13H2,1,3-8H3/b14-10-/t19-,20-,21-,22+,23+,24-,26-/m1/s1. The number of carbonyl (C=O) groups is 3. The van der Waals surface area contributed by atoms with Crippen LogP contribution in [0.4, 0.5) is 0 Å². The van der Waals surface area contributed by atoms with Crippen molar-refractivity contribution in [1.82, 2.24) is 0 Å². The number of hydrogen-bond donors (Lipinski definition) is 0. The van der Waals surface area contributed by atoms with E-state index in [9.17, 15) is 14.4 Å². The fraction of sp³-hybridized carbons (Fsp3) is 0.731. The monoisotopic (exact) mass is 462 g/mol. The zero-order chi connectivity index (χ0) is 24.7.